The van der Waals surface area contributed by atoms with Crippen molar-refractivity contribution in [3.8, 4) is 0 Å². The highest BCUT2D eigenvalue weighted by atomic mass is 35.5. The molecule has 1 saturated carbocycles. The molecule has 0 amide bonds. The Morgan fingerprint density at radius 3 is 2.74 bits per heavy atom. The van der Waals surface area contributed by atoms with E-state index < -0.39 is 0 Å². The second-order valence-electron chi connectivity index (χ2n) is 5.68. The Hall–Kier alpha value is -0.800. The molecule has 1 aromatic carbocycles. The molecule has 0 aliphatic heterocycles. The fraction of sp³-hybridized carbons (Fsp3) is 0.533. The predicted octanol–water partition coefficient (Wildman–Crippen LogP) is 5.19. The molecule has 1 aromatic heterocycles. The van der Waals surface area contributed by atoms with Gasteiger partial charge in [-0.2, -0.15) is 0 Å². The summed E-state index contributed by atoms with van der Waals surface area (Å²) < 4.78 is 1.20. The van der Waals surface area contributed by atoms with Crippen LogP contribution in [-0.4, -0.2) is 11.0 Å². The standard InChI is InChI=1S/C15H19ClN2S/c1-9-4-3-5-10(2)13(9)18-14-11(16)6-7-12-15(14)17-8-19-12/h6-10,13,18H,3-5H2,1-2H3. The first-order valence-corrected chi connectivity index (χ1v) is 8.21. The first kappa shape index (κ1) is 13.2. The summed E-state index contributed by atoms with van der Waals surface area (Å²) in [5.41, 5.74) is 3.92. The van der Waals surface area contributed by atoms with Crippen LogP contribution >= 0.6 is 22.9 Å². The SMILES string of the molecule is CC1CCCC(C)C1Nc1c(Cl)ccc2scnc12. The van der Waals surface area contributed by atoms with Crippen molar-refractivity contribution in [3.63, 3.8) is 0 Å². The number of nitrogens with zero attached hydrogens (tertiary/aromatic N) is 1. The molecule has 4 heteroatoms. The highest BCUT2D eigenvalue weighted by Crippen LogP contribution is 2.37. The summed E-state index contributed by atoms with van der Waals surface area (Å²) in [4.78, 5) is 4.47. The van der Waals surface area contributed by atoms with Gasteiger partial charge in [-0.25, -0.2) is 4.98 Å². The van der Waals surface area contributed by atoms with E-state index >= 15 is 0 Å². The highest BCUT2D eigenvalue weighted by molar-refractivity contribution is 7.16. The first-order chi connectivity index (χ1) is 9.16. The van der Waals surface area contributed by atoms with E-state index in [2.05, 4.69) is 24.1 Å². The van der Waals surface area contributed by atoms with Gasteiger partial charge in [-0.05, 0) is 36.8 Å². The van der Waals surface area contributed by atoms with Gasteiger partial charge in [0.15, 0.2) is 0 Å². The number of benzene rings is 1. The molecule has 2 nitrogen and oxygen atoms in total. The molecular formula is C15H19ClN2S. The smallest absolute Gasteiger partial charge is 0.106 e. The number of aromatic nitrogens is 1. The molecule has 102 valence electrons. The quantitative estimate of drug-likeness (QED) is 0.825. The molecule has 19 heavy (non-hydrogen) atoms. The van der Waals surface area contributed by atoms with Gasteiger partial charge in [0.1, 0.15) is 5.52 Å². The van der Waals surface area contributed by atoms with E-state index in [4.69, 9.17) is 11.6 Å². The number of thiazole rings is 1. The summed E-state index contributed by atoms with van der Waals surface area (Å²) in [5.74, 6) is 1.38. The van der Waals surface area contributed by atoms with Crippen LogP contribution in [0.3, 0.4) is 0 Å². The van der Waals surface area contributed by atoms with Crippen molar-refractivity contribution in [2.45, 2.75) is 39.2 Å². The molecule has 1 N–H and O–H groups in total. The summed E-state index contributed by atoms with van der Waals surface area (Å²) in [6, 6.07) is 4.52. The Kier molecular flexibility index (Phi) is 3.68. The van der Waals surface area contributed by atoms with E-state index in [0.29, 0.717) is 17.9 Å². The van der Waals surface area contributed by atoms with Crippen molar-refractivity contribution in [1.82, 2.24) is 4.98 Å². The van der Waals surface area contributed by atoms with E-state index in [1.165, 1.54) is 24.0 Å². The van der Waals surface area contributed by atoms with Gasteiger partial charge >= 0.3 is 0 Å². The zero-order valence-corrected chi connectivity index (χ0v) is 12.9. The lowest BCUT2D eigenvalue weighted by Crippen LogP contribution is -2.37. The Balaban J connectivity index is 1.95. The van der Waals surface area contributed by atoms with Gasteiger partial charge in [0.25, 0.3) is 0 Å². The predicted molar refractivity (Wildman–Crippen MR) is 84.2 cm³/mol. The minimum absolute atomic E-state index is 0.499. The second kappa shape index (κ2) is 5.29. The van der Waals surface area contributed by atoms with Gasteiger partial charge in [0.2, 0.25) is 0 Å². The fourth-order valence-electron chi connectivity index (χ4n) is 3.18. The lowest BCUT2D eigenvalue weighted by molar-refractivity contribution is 0.268. The van der Waals surface area contributed by atoms with Crippen LogP contribution in [-0.2, 0) is 0 Å². The van der Waals surface area contributed by atoms with Crippen molar-refractivity contribution < 1.29 is 0 Å². The summed E-state index contributed by atoms with van der Waals surface area (Å²) in [6.07, 6.45) is 3.94. The molecule has 1 fully saturated rings. The lowest BCUT2D eigenvalue weighted by atomic mass is 9.78. The molecule has 0 radical (unpaired) electrons. The van der Waals surface area contributed by atoms with Crippen LogP contribution in [0.1, 0.15) is 33.1 Å². The van der Waals surface area contributed by atoms with E-state index in [1.807, 2.05) is 17.6 Å². The molecule has 2 unspecified atom stereocenters. The highest BCUT2D eigenvalue weighted by Gasteiger charge is 2.28. The van der Waals surface area contributed by atoms with Crippen LogP contribution in [0.5, 0.6) is 0 Å². The van der Waals surface area contributed by atoms with Gasteiger partial charge in [-0.3, -0.25) is 0 Å². The van der Waals surface area contributed by atoms with E-state index in [0.717, 1.165) is 16.2 Å². The molecule has 1 aliphatic carbocycles. The third kappa shape index (κ3) is 2.46. The maximum absolute atomic E-state index is 6.38. The molecule has 0 bridgehead atoms. The lowest BCUT2D eigenvalue weighted by Gasteiger charge is -2.36. The topological polar surface area (TPSA) is 24.9 Å². The minimum Gasteiger partial charge on any atom is -0.379 e. The number of halogens is 1. The van der Waals surface area contributed by atoms with Crippen LogP contribution in [0.25, 0.3) is 10.2 Å². The van der Waals surface area contributed by atoms with Crippen LogP contribution in [0.4, 0.5) is 5.69 Å². The molecule has 0 saturated heterocycles. The maximum atomic E-state index is 6.38. The van der Waals surface area contributed by atoms with Crippen LogP contribution < -0.4 is 5.32 Å². The average molecular weight is 295 g/mol. The van der Waals surface area contributed by atoms with Crippen molar-refractivity contribution in [2.75, 3.05) is 5.32 Å². The summed E-state index contributed by atoms with van der Waals surface area (Å²) in [6.45, 7) is 4.67. The molecule has 2 atom stereocenters. The maximum Gasteiger partial charge on any atom is 0.106 e. The van der Waals surface area contributed by atoms with Crippen LogP contribution in [0, 0.1) is 11.8 Å². The van der Waals surface area contributed by atoms with Gasteiger partial charge in [0, 0.05) is 6.04 Å². The van der Waals surface area contributed by atoms with Crippen molar-refractivity contribution >= 4 is 38.8 Å². The minimum atomic E-state index is 0.499. The normalized spacial score (nSPS) is 27.6. The van der Waals surface area contributed by atoms with Crippen molar-refractivity contribution in [3.05, 3.63) is 22.7 Å². The Labute approximate surface area is 123 Å². The van der Waals surface area contributed by atoms with Gasteiger partial charge in [0.05, 0.1) is 20.9 Å². The number of hydrogen-bond donors (Lipinski definition) is 1. The van der Waals surface area contributed by atoms with Crippen LogP contribution in [0.15, 0.2) is 17.6 Å². The second-order valence-corrected chi connectivity index (χ2v) is 6.97. The summed E-state index contributed by atoms with van der Waals surface area (Å²) >= 11 is 8.04. The van der Waals surface area contributed by atoms with E-state index in [9.17, 15) is 0 Å². The molecule has 0 spiro atoms. The van der Waals surface area contributed by atoms with Gasteiger partial charge in [-0.1, -0.05) is 31.9 Å². The molecule has 1 heterocycles. The summed E-state index contributed by atoms with van der Waals surface area (Å²) in [5, 5.41) is 4.47. The van der Waals surface area contributed by atoms with Crippen molar-refractivity contribution in [1.29, 1.82) is 0 Å². The first-order valence-electron chi connectivity index (χ1n) is 6.95. The van der Waals surface area contributed by atoms with Crippen LogP contribution in [0.2, 0.25) is 5.02 Å². The fourth-order valence-corrected chi connectivity index (χ4v) is 4.07. The largest absolute Gasteiger partial charge is 0.379 e. The molecular weight excluding hydrogens is 276 g/mol. The zero-order chi connectivity index (χ0) is 13.4. The zero-order valence-electron chi connectivity index (χ0n) is 11.3. The third-order valence-corrected chi connectivity index (χ3v) is 5.42. The number of fused-ring (bicyclic) bond motifs is 1. The molecule has 3 rings (SSSR count). The summed E-state index contributed by atoms with van der Waals surface area (Å²) in [7, 11) is 0. The van der Waals surface area contributed by atoms with Crippen molar-refractivity contribution in [2.24, 2.45) is 11.8 Å². The van der Waals surface area contributed by atoms with Gasteiger partial charge < -0.3 is 5.32 Å². The number of anilines is 1. The third-order valence-electron chi connectivity index (χ3n) is 4.31. The average Bonchev–Trinajstić information content (AvgIpc) is 2.84. The van der Waals surface area contributed by atoms with Gasteiger partial charge in [-0.15, -0.1) is 11.3 Å². The molecule has 2 aromatic rings. The number of hydrogen-bond acceptors (Lipinski definition) is 3. The Morgan fingerprint density at radius 1 is 1.26 bits per heavy atom. The molecule has 1 aliphatic rings. The number of nitrogens with one attached hydrogen (secondary N) is 1. The Morgan fingerprint density at radius 2 is 2.00 bits per heavy atom. The number of rotatable bonds is 2. The van der Waals surface area contributed by atoms with E-state index in [-0.39, 0.29) is 0 Å². The van der Waals surface area contributed by atoms with E-state index in [1.54, 1.807) is 11.3 Å². The monoisotopic (exact) mass is 294 g/mol. The Bertz CT molecular complexity index is 571.